The number of likely N-dealkylation sites (tertiary alicyclic amines) is 1. The van der Waals surface area contributed by atoms with E-state index in [4.69, 9.17) is 4.74 Å². The standard InChI is InChI=1S/C12H26N2O/c1-3-9-15-10-5-7-14-8-6-12(11-14)13-4-2/h12-13H,3-11H2,1-2H3. The summed E-state index contributed by atoms with van der Waals surface area (Å²) in [6, 6.07) is 0.728. The highest BCUT2D eigenvalue weighted by Gasteiger charge is 2.20. The van der Waals surface area contributed by atoms with Crippen molar-refractivity contribution < 1.29 is 4.74 Å². The lowest BCUT2D eigenvalue weighted by Gasteiger charge is -2.16. The maximum atomic E-state index is 5.47. The van der Waals surface area contributed by atoms with Crippen molar-refractivity contribution >= 4 is 0 Å². The molecule has 1 aliphatic rings. The lowest BCUT2D eigenvalue weighted by Crippen LogP contribution is -2.32. The normalized spacial score (nSPS) is 22.4. The molecule has 0 aromatic rings. The van der Waals surface area contributed by atoms with Gasteiger partial charge in [0.15, 0.2) is 0 Å². The van der Waals surface area contributed by atoms with Gasteiger partial charge in [-0.15, -0.1) is 0 Å². The van der Waals surface area contributed by atoms with Gasteiger partial charge in [0.25, 0.3) is 0 Å². The molecule has 15 heavy (non-hydrogen) atoms. The van der Waals surface area contributed by atoms with Crippen LogP contribution in [0.5, 0.6) is 0 Å². The van der Waals surface area contributed by atoms with Crippen LogP contribution in [0.2, 0.25) is 0 Å². The molecule has 90 valence electrons. The van der Waals surface area contributed by atoms with Crippen LogP contribution >= 0.6 is 0 Å². The molecule has 0 aromatic heterocycles. The molecule has 1 N–H and O–H groups in total. The Hall–Kier alpha value is -0.120. The van der Waals surface area contributed by atoms with E-state index in [1.54, 1.807) is 0 Å². The Morgan fingerprint density at radius 1 is 1.33 bits per heavy atom. The third-order valence-electron chi connectivity index (χ3n) is 2.88. The Morgan fingerprint density at radius 2 is 2.20 bits per heavy atom. The van der Waals surface area contributed by atoms with Crippen molar-refractivity contribution in [2.24, 2.45) is 0 Å². The van der Waals surface area contributed by atoms with Crippen molar-refractivity contribution in [2.45, 2.75) is 39.2 Å². The Kier molecular flexibility index (Phi) is 6.98. The number of hydrogen-bond acceptors (Lipinski definition) is 3. The van der Waals surface area contributed by atoms with Gasteiger partial charge in [-0.3, -0.25) is 0 Å². The van der Waals surface area contributed by atoms with Crippen molar-refractivity contribution in [3.63, 3.8) is 0 Å². The second-order valence-corrected chi connectivity index (χ2v) is 4.31. The summed E-state index contributed by atoms with van der Waals surface area (Å²) in [4.78, 5) is 2.54. The van der Waals surface area contributed by atoms with Gasteiger partial charge in [0, 0.05) is 32.3 Å². The number of nitrogens with zero attached hydrogens (tertiary/aromatic N) is 1. The van der Waals surface area contributed by atoms with Gasteiger partial charge in [-0.25, -0.2) is 0 Å². The molecule has 1 rings (SSSR count). The van der Waals surface area contributed by atoms with Gasteiger partial charge >= 0.3 is 0 Å². The Labute approximate surface area is 94.2 Å². The molecule has 1 atom stereocenters. The molecular weight excluding hydrogens is 188 g/mol. The van der Waals surface area contributed by atoms with Crippen LogP contribution in [-0.2, 0) is 4.74 Å². The maximum Gasteiger partial charge on any atom is 0.0478 e. The van der Waals surface area contributed by atoms with E-state index in [0.717, 1.165) is 32.2 Å². The summed E-state index contributed by atoms with van der Waals surface area (Å²) in [6.45, 7) is 11.0. The Bertz CT molecular complexity index is 153. The van der Waals surface area contributed by atoms with Gasteiger partial charge in [0.05, 0.1) is 0 Å². The summed E-state index contributed by atoms with van der Waals surface area (Å²) in [5.41, 5.74) is 0. The molecule has 0 aliphatic carbocycles. The highest BCUT2D eigenvalue weighted by atomic mass is 16.5. The van der Waals surface area contributed by atoms with E-state index in [0.29, 0.717) is 0 Å². The minimum Gasteiger partial charge on any atom is -0.381 e. The van der Waals surface area contributed by atoms with E-state index < -0.39 is 0 Å². The molecule has 0 aromatic carbocycles. The van der Waals surface area contributed by atoms with Crippen LogP contribution in [0, 0.1) is 0 Å². The van der Waals surface area contributed by atoms with Gasteiger partial charge in [0.2, 0.25) is 0 Å². The van der Waals surface area contributed by atoms with Gasteiger partial charge < -0.3 is 15.0 Å². The molecule has 3 nitrogen and oxygen atoms in total. The van der Waals surface area contributed by atoms with Crippen molar-refractivity contribution in [1.29, 1.82) is 0 Å². The summed E-state index contributed by atoms with van der Waals surface area (Å²) >= 11 is 0. The largest absolute Gasteiger partial charge is 0.381 e. The first-order chi connectivity index (χ1) is 7.36. The third kappa shape index (κ3) is 5.50. The summed E-state index contributed by atoms with van der Waals surface area (Å²) < 4.78 is 5.47. The van der Waals surface area contributed by atoms with Crippen LogP contribution in [0.3, 0.4) is 0 Å². The van der Waals surface area contributed by atoms with Crippen molar-refractivity contribution in [2.75, 3.05) is 39.4 Å². The lowest BCUT2D eigenvalue weighted by atomic mass is 10.3. The molecule has 1 saturated heterocycles. The van der Waals surface area contributed by atoms with E-state index in [2.05, 4.69) is 24.1 Å². The fourth-order valence-electron chi connectivity index (χ4n) is 2.13. The molecular formula is C12H26N2O. The van der Waals surface area contributed by atoms with E-state index in [1.165, 1.54) is 32.5 Å². The van der Waals surface area contributed by atoms with Gasteiger partial charge in [0.1, 0.15) is 0 Å². The molecule has 1 heterocycles. The summed E-state index contributed by atoms with van der Waals surface area (Å²) in [5.74, 6) is 0. The minimum absolute atomic E-state index is 0.728. The molecule has 0 bridgehead atoms. The SMILES string of the molecule is CCCOCCCN1CCC(NCC)C1. The zero-order chi connectivity index (χ0) is 10.9. The van der Waals surface area contributed by atoms with Crippen LogP contribution in [0.1, 0.15) is 33.1 Å². The van der Waals surface area contributed by atoms with Crippen LogP contribution in [0.15, 0.2) is 0 Å². The molecule has 1 aliphatic heterocycles. The van der Waals surface area contributed by atoms with E-state index in [9.17, 15) is 0 Å². The monoisotopic (exact) mass is 214 g/mol. The number of ether oxygens (including phenoxy) is 1. The topological polar surface area (TPSA) is 24.5 Å². The number of rotatable bonds is 8. The van der Waals surface area contributed by atoms with Crippen molar-refractivity contribution in [3.05, 3.63) is 0 Å². The quantitative estimate of drug-likeness (QED) is 0.620. The van der Waals surface area contributed by atoms with Gasteiger partial charge in [-0.1, -0.05) is 13.8 Å². The highest BCUT2D eigenvalue weighted by molar-refractivity contribution is 4.80. The number of hydrogen-bond donors (Lipinski definition) is 1. The predicted molar refractivity (Wildman–Crippen MR) is 64.2 cm³/mol. The lowest BCUT2D eigenvalue weighted by molar-refractivity contribution is 0.124. The van der Waals surface area contributed by atoms with Crippen LogP contribution in [-0.4, -0.2) is 50.3 Å². The van der Waals surface area contributed by atoms with E-state index in [1.807, 2.05) is 0 Å². The average Bonchev–Trinajstić information content (AvgIpc) is 2.66. The molecule has 1 unspecified atom stereocenters. The van der Waals surface area contributed by atoms with Crippen molar-refractivity contribution in [1.82, 2.24) is 10.2 Å². The second-order valence-electron chi connectivity index (χ2n) is 4.31. The van der Waals surface area contributed by atoms with Gasteiger partial charge in [-0.2, -0.15) is 0 Å². The summed E-state index contributed by atoms with van der Waals surface area (Å²) in [7, 11) is 0. The second kappa shape index (κ2) is 8.08. The van der Waals surface area contributed by atoms with Crippen LogP contribution in [0.4, 0.5) is 0 Å². The van der Waals surface area contributed by atoms with E-state index >= 15 is 0 Å². The number of nitrogens with one attached hydrogen (secondary N) is 1. The van der Waals surface area contributed by atoms with Gasteiger partial charge in [-0.05, 0) is 32.4 Å². The molecule has 0 spiro atoms. The minimum atomic E-state index is 0.728. The molecule has 1 fully saturated rings. The smallest absolute Gasteiger partial charge is 0.0478 e. The van der Waals surface area contributed by atoms with Crippen LogP contribution in [0.25, 0.3) is 0 Å². The summed E-state index contributed by atoms with van der Waals surface area (Å²) in [6.07, 6.45) is 3.62. The third-order valence-corrected chi connectivity index (χ3v) is 2.88. The molecule has 0 radical (unpaired) electrons. The van der Waals surface area contributed by atoms with E-state index in [-0.39, 0.29) is 0 Å². The first-order valence-electron chi connectivity index (χ1n) is 6.40. The fourth-order valence-corrected chi connectivity index (χ4v) is 2.13. The number of likely N-dealkylation sites (N-methyl/N-ethyl adjacent to an activating group) is 1. The molecule has 0 saturated carbocycles. The Morgan fingerprint density at radius 3 is 2.93 bits per heavy atom. The maximum absolute atomic E-state index is 5.47. The Balaban J connectivity index is 1.94. The average molecular weight is 214 g/mol. The molecule has 0 amide bonds. The zero-order valence-corrected chi connectivity index (χ0v) is 10.3. The molecule has 3 heteroatoms. The first-order valence-corrected chi connectivity index (χ1v) is 6.40. The van der Waals surface area contributed by atoms with Crippen LogP contribution < -0.4 is 5.32 Å². The summed E-state index contributed by atoms with van der Waals surface area (Å²) in [5, 5.41) is 3.51. The van der Waals surface area contributed by atoms with Crippen molar-refractivity contribution in [3.8, 4) is 0 Å². The fraction of sp³-hybridized carbons (Fsp3) is 1.00. The zero-order valence-electron chi connectivity index (χ0n) is 10.3. The highest BCUT2D eigenvalue weighted by Crippen LogP contribution is 2.09. The first kappa shape index (κ1) is 12.9. The predicted octanol–water partition coefficient (Wildman–Crippen LogP) is 1.49.